The van der Waals surface area contributed by atoms with Gasteiger partial charge in [0.25, 0.3) is 0 Å². The quantitative estimate of drug-likeness (QED) is 0.453. The molecule has 0 radical (unpaired) electrons. The molecule has 1 aromatic heterocycles. The van der Waals surface area contributed by atoms with E-state index in [1.54, 1.807) is 0 Å². The molecule has 164 valence electrons. The summed E-state index contributed by atoms with van der Waals surface area (Å²) in [5.74, 6) is 1.87. The van der Waals surface area contributed by atoms with Crippen LogP contribution in [0.1, 0.15) is 32.8 Å². The van der Waals surface area contributed by atoms with E-state index < -0.39 is 9.84 Å². The monoisotopic (exact) mass is 424 g/mol. The molecule has 0 spiro atoms. The molecular formula is C20H36N6O2S. The summed E-state index contributed by atoms with van der Waals surface area (Å²) in [7, 11) is -2.96. The van der Waals surface area contributed by atoms with E-state index in [1.807, 2.05) is 20.0 Å². The summed E-state index contributed by atoms with van der Waals surface area (Å²) in [6.07, 6.45) is 3.70. The summed E-state index contributed by atoms with van der Waals surface area (Å²) in [4.78, 5) is 14.0. The lowest BCUT2D eigenvalue weighted by molar-refractivity contribution is 0.270. The molecule has 0 saturated carbocycles. The maximum Gasteiger partial charge on any atom is 0.191 e. The Morgan fingerprint density at radius 2 is 1.97 bits per heavy atom. The minimum Gasteiger partial charge on any atom is -0.357 e. The molecule has 0 aromatic carbocycles. The van der Waals surface area contributed by atoms with Crippen molar-refractivity contribution in [3.8, 4) is 0 Å². The first-order valence-electron chi connectivity index (χ1n) is 10.5. The van der Waals surface area contributed by atoms with Crippen molar-refractivity contribution < 1.29 is 8.42 Å². The van der Waals surface area contributed by atoms with Gasteiger partial charge in [0, 0.05) is 51.2 Å². The first kappa shape index (κ1) is 23.4. The van der Waals surface area contributed by atoms with E-state index in [-0.39, 0.29) is 11.8 Å². The van der Waals surface area contributed by atoms with Crippen LogP contribution in [0, 0.1) is 0 Å². The molecule has 1 unspecified atom stereocenters. The van der Waals surface area contributed by atoms with Crippen molar-refractivity contribution in [2.45, 2.75) is 39.8 Å². The molecule has 8 nitrogen and oxygen atoms in total. The molecule has 1 atom stereocenters. The van der Waals surface area contributed by atoms with Gasteiger partial charge in [0.15, 0.2) is 5.96 Å². The van der Waals surface area contributed by atoms with Crippen LogP contribution in [0.5, 0.6) is 0 Å². The molecular weight excluding hydrogens is 388 g/mol. The van der Waals surface area contributed by atoms with Crippen LogP contribution in [0.4, 0.5) is 5.82 Å². The number of likely N-dealkylation sites (N-methyl/N-ethyl adjacent to an activating group) is 1. The van der Waals surface area contributed by atoms with Crippen LogP contribution in [0.15, 0.2) is 23.3 Å². The van der Waals surface area contributed by atoms with E-state index in [1.165, 1.54) is 6.26 Å². The predicted molar refractivity (Wildman–Crippen MR) is 120 cm³/mol. The van der Waals surface area contributed by atoms with Gasteiger partial charge in [-0.3, -0.25) is 0 Å². The van der Waals surface area contributed by atoms with Gasteiger partial charge in [0.2, 0.25) is 0 Å². The lowest BCUT2D eigenvalue weighted by atomic mass is 10.2. The van der Waals surface area contributed by atoms with Gasteiger partial charge in [-0.05, 0) is 38.4 Å². The second-order valence-electron chi connectivity index (χ2n) is 7.61. The Hall–Kier alpha value is -1.87. The highest BCUT2D eigenvalue weighted by atomic mass is 32.2. The average Bonchev–Trinajstić information content (AvgIpc) is 2.71. The third kappa shape index (κ3) is 8.57. The molecule has 2 rings (SSSR count). The molecule has 1 fully saturated rings. The zero-order valence-corrected chi connectivity index (χ0v) is 19.0. The van der Waals surface area contributed by atoms with Gasteiger partial charge in [-0.1, -0.05) is 13.0 Å². The van der Waals surface area contributed by atoms with Crippen LogP contribution in [0.3, 0.4) is 0 Å². The Morgan fingerprint density at radius 1 is 1.24 bits per heavy atom. The van der Waals surface area contributed by atoms with Crippen molar-refractivity contribution in [2.75, 3.05) is 56.2 Å². The molecule has 0 bridgehead atoms. The highest BCUT2D eigenvalue weighted by Crippen LogP contribution is 2.14. The minimum absolute atomic E-state index is 0.0183. The lowest BCUT2D eigenvalue weighted by Crippen LogP contribution is -2.46. The number of sulfone groups is 1. The summed E-state index contributed by atoms with van der Waals surface area (Å²) < 4.78 is 22.7. The number of aromatic nitrogens is 1. The van der Waals surface area contributed by atoms with Crippen molar-refractivity contribution in [2.24, 2.45) is 4.99 Å². The van der Waals surface area contributed by atoms with Crippen molar-refractivity contribution in [1.82, 2.24) is 20.5 Å². The molecule has 1 saturated heterocycles. The van der Waals surface area contributed by atoms with Gasteiger partial charge >= 0.3 is 0 Å². The Morgan fingerprint density at radius 3 is 2.52 bits per heavy atom. The summed E-state index contributed by atoms with van der Waals surface area (Å²) >= 11 is 0. The topological polar surface area (TPSA) is 89.9 Å². The molecule has 1 aliphatic heterocycles. The van der Waals surface area contributed by atoms with Crippen molar-refractivity contribution in [1.29, 1.82) is 0 Å². The zero-order valence-electron chi connectivity index (χ0n) is 18.2. The highest BCUT2D eigenvalue weighted by molar-refractivity contribution is 7.90. The summed E-state index contributed by atoms with van der Waals surface area (Å²) in [5.41, 5.74) is 1.04. The Bertz CT molecular complexity index is 743. The normalized spacial score (nSPS) is 17.2. The van der Waals surface area contributed by atoms with Crippen LogP contribution in [-0.2, 0) is 16.4 Å². The standard InChI is InChI=1S/C20H36N6O2S/c1-5-21-20(24-17(3)9-14-29(4,27)28)23-16-18-7-8-19(22-15-18)26-12-10-25(6-2)11-13-26/h7-8,15,17H,5-6,9-14,16H2,1-4H3,(H2,21,23,24). The van der Waals surface area contributed by atoms with Crippen molar-refractivity contribution in [3.05, 3.63) is 23.9 Å². The molecule has 2 N–H and O–H groups in total. The maximum absolute atomic E-state index is 11.3. The smallest absolute Gasteiger partial charge is 0.191 e. The number of nitrogens with zero attached hydrogens (tertiary/aromatic N) is 4. The number of piperazine rings is 1. The van der Waals surface area contributed by atoms with Crippen LogP contribution >= 0.6 is 0 Å². The summed E-state index contributed by atoms with van der Waals surface area (Å²) in [5, 5.41) is 6.48. The molecule has 29 heavy (non-hydrogen) atoms. The average molecular weight is 425 g/mol. The second-order valence-corrected chi connectivity index (χ2v) is 9.86. The fraction of sp³-hybridized carbons (Fsp3) is 0.700. The SMILES string of the molecule is CCNC(=NCc1ccc(N2CCN(CC)CC2)nc1)NC(C)CCS(C)(=O)=O. The first-order chi connectivity index (χ1) is 13.8. The Labute approximate surface area is 175 Å². The van der Waals surface area contributed by atoms with Crippen LogP contribution < -0.4 is 15.5 Å². The molecule has 9 heteroatoms. The van der Waals surface area contributed by atoms with Crippen LogP contribution in [0.25, 0.3) is 0 Å². The number of rotatable bonds is 9. The number of guanidine groups is 1. The maximum atomic E-state index is 11.3. The fourth-order valence-electron chi connectivity index (χ4n) is 3.18. The Kier molecular flexibility index (Phi) is 9.16. The summed E-state index contributed by atoms with van der Waals surface area (Å²) in [6.45, 7) is 12.7. The second kappa shape index (κ2) is 11.3. The molecule has 0 aliphatic carbocycles. The molecule has 1 aliphatic rings. The third-order valence-corrected chi connectivity index (χ3v) is 6.00. The highest BCUT2D eigenvalue weighted by Gasteiger charge is 2.16. The lowest BCUT2D eigenvalue weighted by Gasteiger charge is -2.34. The molecule has 0 amide bonds. The van der Waals surface area contributed by atoms with Gasteiger partial charge in [-0.2, -0.15) is 0 Å². The Balaban J connectivity index is 1.89. The van der Waals surface area contributed by atoms with E-state index in [9.17, 15) is 8.42 Å². The largest absolute Gasteiger partial charge is 0.357 e. The van der Waals surface area contributed by atoms with Gasteiger partial charge in [0.05, 0.1) is 12.3 Å². The van der Waals surface area contributed by atoms with Crippen molar-refractivity contribution >= 4 is 21.6 Å². The van der Waals surface area contributed by atoms with Crippen molar-refractivity contribution in [3.63, 3.8) is 0 Å². The molecule has 2 heterocycles. The van der Waals surface area contributed by atoms with Gasteiger partial charge in [0.1, 0.15) is 15.7 Å². The van der Waals surface area contributed by atoms with E-state index >= 15 is 0 Å². The summed E-state index contributed by atoms with van der Waals surface area (Å²) in [6, 6.07) is 4.17. The van der Waals surface area contributed by atoms with E-state index in [0.29, 0.717) is 18.9 Å². The van der Waals surface area contributed by atoms with Gasteiger partial charge < -0.3 is 20.4 Å². The zero-order chi connectivity index (χ0) is 21.3. The molecule has 1 aromatic rings. The van der Waals surface area contributed by atoms with E-state index in [4.69, 9.17) is 0 Å². The van der Waals surface area contributed by atoms with E-state index in [2.05, 4.69) is 49.5 Å². The fourth-order valence-corrected chi connectivity index (χ4v) is 3.96. The van der Waals surface area contributed by atoms with Crippen LogP contribution in [-0.4, -0.2) is 81.6 Å². The number of pyridine rings is 1. The van der Waals surface area contributed by atoms with Gasteiger partial charge in [-0.15, -0.1) is 0 Å². The number of hydrogen-bond donors (Lipinski definition) is 2. The number of nitrogens with one attached hydrogen (secondary N) is 2. The predicted octanol–water partition coefficient (Wildman–Crippen LogP) is 1.10. The third-order valence-electron chi connectivity index (χ3n) is 5.02. The minimum atomic E-state index is -2.96. The first-order valence-corrected chi connectivity index (χ1v) is 12.5. The van der Waals surface area contributed by atoms with Crippen LogP contribution in [0.2, 0.25) is 0 Å². The number of anilines is 1. The van der Waals surface area contributed by atoms with Gasteiger partial charge in [-0.25, -0.2) is 18.4 Å². The van der Waals surface area contributed by atoms with E-state index in [0.717, 1.165) is 50.6 Å². The number of hydrogen-bond acceptors (Lipinski definition) is 6. The number of aliphatic imine (C=N–C) groups is 1.